The van der Waals surface area contributed by atoms with E-state index in [1.54, 1.807) is 39.2 Å². The first-order chi connectivity index (χ1) is 14.2. The van der Waals surface area contributed by atoms with Crippen LogP contribution in [0.15, 0.2) is 48.5 Å². The van der Waals surface area contributed by atoms with Crippen LogP contribution in [0.2, 0.25) is 5.02 Å². The van der Waals surface area contributed by atoms with Crippen LogP contribution in [0.5, 0.6) is 5.75 Å². The van der Waals surface area contributed by atoms with Crippen molar-refractivity contribution < 1.29 is 19.4 Å². The predicted octanol–water partition coefficient (Wildman–Crippen LogP) is 5.89. The number of hydrogen-bond donors (Lipinski definition) is 2. The summed E-state index contributed by atoms with van der Waals surface area (Å²) in [4.78, 5) is 24.3. The Kier molecular flexibility index (Phi) is 6.13. The number of anilines is 1. The minimum atomic E-state index is -1.00. The van der Waals surface area contributed by atoms with Gasteiger partial charge in [0, 0.05) is 16.3 Å². The molecule has 6 heteroatoms. The van der Waals surface area contributed by atoms with Crippen LogP contribution in [-0.2, 0) is 0 Å². The predicted molar refractivity (Wildman–Crippen MR) is 119 cm³/mol. The third-order valence-corrected chi connectivity index (χ3v) is 5.16. The SMILES string of the molecule is COc1cc(Cl)cc(-c2ccc(C)c(C(=O)Nc3c(C)cc(C(=O)O)cc3C)c2)c1. The largest absolute Gasteiger partial charge is 0.497 e. The molecule has 30 heavy (non-hydrogen) atoms. The highest BCUT2D eigenvalue weighted by Crippen LogP contribution is 2.30. The number of aromatic carboxylic acids is 1. The van der Waals surface area contributed by atoms with Crippen LogP contribution in [0.1, 0.15) is 37.4 Å². The highest BCUT2D eigenvalue weighted by molar-refractivity contribution is 6.31. The lowest BCUT2D eigenvalue weighted by Gasteiger charge is -2.15. The summed E-state index contributed by atoms with van der Waals surface area (Å²) in [7, 11) is 1.57. The first-order valence-corrected chi connectivity index (χ1v) is 9.69. The number of rotatable bonds is 5. The second kappa shape index (κ2) is 8.59. The van der Waals surface area contributed by atoms with Crippen LogP contribution in [0.25, 0.3) is 11.1 Å². The lowest BCUT2D eigenvalue weighted by molar-refractivity contribution is 0.0696. The summed E-state index contributed by atoms with van der Waals surface area (Å²) >= 11 is 6.19. The van der Waals surface area contributed by atoms with Gasteiger partial charge in [0.15, 0.2) is 0 Å². The summed E-state index contributed by atoms with van der Waals surface area (Å²) in [5, 5.41) is 12.7. The van der Waals surface area contributed by atoms with Crippen molar-refractivity contribution in [3.63, 3.8) is 0 Å². The smallest absolute Gasteiger partial charge is 0.335 e. The molecule has 2 N–H and O–H groups in total. The molecule has 3 aromatic rings. The molecule has 0 radical (unpaired) electrons. The van der Waals surface area contributed by atoms with Crippen LogP contribution in [0, 0.1) is 20.8 Å². The van der Waals surface area contributed by atoms with E-state index in [4.69, 9.17) is 16.3 Å². The number of methoxy groups -OCH3 is 1. The summed E-state index contributed by atoms with van der Waals surface area (Å²) in [5.41, 5.74) is 5.20. The molecule has 0 aliphatic heterocycles. The zero-order valence-corrected chi connectivity index (χ0v) is 17.9. The van der Waals surface area contributed by atoms with E-state index in [1.165, 1.54) is 0 Å². The van der Waals surface area contributed by atoms with Gasteiger partial charge < -0.3 is 15.2 Å². The molecule has 0 atom stereocenters. The molecule has 0 saturated carbocycles. The Morgan fingerprint density at radius 2 is 1.57 bits per heavy atom. The van der Waals surface area contributed by atoms with E-state index in [-0.39, 0.29) is 11.5 Å². The van der Waals surface area contributed by atoms with Crippen molar-refractivity contribution in [3.8, 4) is 16.9 Å². The number of amides is 1. The molecule has 5 nitrogen and oxygen atoms in total. The monoisotopic (exact) mass is 423 g/mol. The third-order valence-electron chi connectivity index (χ3n) is 4.94. The van der Waals surface area contributed by atoms with Crippen LogP contribution in [-0.4, -0.2) is 24.1 Å². The van der Waals surface area contributed by atoms with Crippen LogP contribution >= 0.6 is 11.6 Å². The fourth-order valence-corrected chi connectivity index (χ4v) is 3.58. The Hall–Kier alpha value is -3.31. The molecule has 0 heterocycles. The van der Waals surface area contributed by atoms with Crippen molar-refractivity contribution >= 4 is 29.2 Å². The molecule has 0 bridgehead atoms. The Labute approximate surface area is 180 Å². The number of carbonyl (C=O) groups is 2. The Balaban J connectivity index is 1.97. The van der Waals surface area contributed by atoms with Gasteiger partial charge in [0.25, 0.3) is 5.91 Å². The highest BCUT2D eigenvalue weighted by Gasteiger charge is 2.16. The lowest BCUT2D eigenvalue weighted by atomic mass is 9.98. The van der Waals surface area contributed by atoms with Gasteiger partial charge in [0.05, 0.1) is 12.7 Å². The van der Waals surface area contributed by atoms with Crippen LogP contribution in [0.3, 0.4) is 0 Å². The first kappa shape index (κ1) is 21.4. The van der Waals surface area contributed by atoms with Crippen molar-refractivity contribution in [2.45, 2.75) is 20.8 Å². The van der Waals surface area contributed by atoms with Crippen molar-refractivity contribution in [1.29, 1.82) is 0 Å². The van der Waals surface area contributed by atoms with Gasteiger partial charge in [0.2, 0.25) is 0 Å². The summed E-state index contributed by atoms with van der Waals surface area (Å²) in [6.07, 6.45) is 0. The number of carboxylic acid groups (broad SMARTS) is 1. The molecule has 0 saturated heterocycles. The van der Waals surface area contributed by atoms with Crippen molar-refractivity contribution in [1.82, 2.24) is 0 Å². The van der Waals surface area contributed by atoms with E-state index in [0.717, 1.165) is 16.7 Å². The van der Waals surface area contributed by atoms with Gasteiger partial charge in [-0.05, 0) is 85.0 Å². The van der Waals surface area contributed by atoms with Crippen molar-refractivity contribution in [2.24, 2.45) is 0 Å². The molecule has 0 unspecified atom stereocenters. The van der Waals surface area contributed by atoms with E-state index >= 15 is 0 Å². The van der Waals surface area contributed by atoms with Crippen molar-refractivity contribution in [3.05, 3.63) is 81.4 Å². The third kappa shape index (κ3) is 4.47. The van der Waals surface area contributed by atoms with E-state index < -0.39 is 5.97 Å². The fourth-order valence-electron chi connectivity index (χ4n) is 3.36. The Morgan fingerprint density at radius 3 is 2.17 bits per heavy atom. The van der Waals surface area contributed by atoms with Gasteiger partial charge in [-0.2, -0.15) is 0 Å². The number of carbonyl (C=O) groups excluding carboxylic acids is 1. The first-order valence-electron chi connectivity index (χ1n) is 9.31. The molecule has 1 amide bonds. The van der Waals surface area contributed by atoms with Gasteiger partial charge >= 0.3 is 5.97 Å². The Bertz CT molecular complexity index is 1130. The number of carboxylic acids is 1. The standard InChI is InChI=1S/C24H22ClNO4/c1-13-5-6-16(17-9-19(25)12-20(10-17)30-4)11-21(13)23(27)26-22-14(2)7-18(24(28)29)8-15(22)3/h5-12H,1-4H3,(H,26,27)(H,28,29). The average Bonchev–Trinajstić information content (AvgIpc) is 2.70. The second-order valence-electron chi connectivity index (χ2n) is 7.15. The van der Waals surface area contributed by atoms with E-state index in [9.17, 15) is 14.7 Å². The molecule has 3 rings (SSSR count). The molecule has 0 fully saturated rings. The van der Waals surface area contributed by atoms with Gasteiger partial charge in [0.1, 0.15) is 5.75 Å². The summed E-state index contributed by atoms with van der Waals surface area (Å²) in [6.45, 7) is 5.41. The fraction of sp³-hybridized carbons (Fsp3) is 0.167. The number of benzene rings is 3. The summed E-state index contributed by atoms with van der Waals surface area (Å²) in [6, 6.07) is 14.1. The molecule has 0 aliphatic carbocycles. The topological polar surface area (TPSA) is 75.6 Å². The number of aryl methyl sites for hydroxylation is 3. The zero-order valence-electron chi connectivity index (χ0n) is 17.2. The highest BCUT2D eigenvalue weighted by atomic mass is 35.5. The van der Waals surface area contributed by atoms with Gasteiger partial charge in [-0.15, -0.1) is 0 Å². The minimum absolute atomic E-state index is 0.191. The number of hydrogen-bond acceptors (Lipinski definition) is 3. The molecule has 0 aliphatic rings. The molecular weight excluding hydrogens is 402 g/mol. The minimum Gasteiger partial charge on any atom is -0.497 e. The molecule has 154 valence electrons. The van der Waals surface area contributed by atoms with Gasteiger partial charge in [-0.1, -0.05) is 23.7 Å². The van der Waals surface area contributed by atoms with Crippen LogP contribution < -0.4 is 10.1 Å². The van der Waals surface area contributed by atoms with E-state index in [1.807, 2.05) is 37.3 Å². The summed E-state index contributed by atoms with van der Waals surface area (Å²) < 4.78 is 5.28. The maximum Gasteiger partial charge on any atom is 0.335 e. The Morgan fingerprint density at radius 1 is 0.900 bits per heavy atom. The second-order valence-corrected chi connectivity index (χ2v) is 7.59. The van der Waals surface area contributed by atoms with E-state index in [0.29, 0.717) is 33.1 Å². The van der Waals surface area contributed by atoms with Gasteiger partial charge in [-0.25, -0.2) is 4.79 Å². The van der Waals surface area contributed by atoms with Gasteiger partial charge in [-0.3, -0.25) is 4.79 Å². The van der Waals surface area contributed by atoms with Crippen LogP contribution in [0.4, 0.5) is 5.69 Å². The normalized spacial score (nSPS) is 10.6. The quantitative estimate of drug-likeness (QED) is 0.536. The molecule has 0 aromatic heterocycles. The summed E-state index contributed by atoms with van der Waals surface area (Å²) in [5.74, 6) is -0.633. The molecule has 0 spiro atoms. The number of ether oxygens (including phenoxy) is 1. The van der Waals surface area contributed by atoms with Crippen molar-refractivity contribution in [2.75, 3.05) is 12.4 Å². The average molecular weight is 424 g/mol. The zero-order chi connectivity index (χ0) is 22.0. The maximum atomic E-state index is 13.1. The van der Waals surface area contributed by atoms with E-state index in [2.05, 4.69) is 5.32 Å². The molecule has 3 aromatic carbocycles. The maximum absolute atomic E-state index is 13.1. The number of nitrogens with one attached hydrogen (secondary N) is 1. The number of halogens is 1. The lowest BCUT2D eigenvalue weighted by Crippen LogP contribution is -2.16. The molecular formula is C24H22ClNO4.